The van der Waals surface area contributed by atoms with Crippen molar-refractivity contribution in [2.75, 3.05) is 6.61 Å². The third-order valence-electron chi connectivity index (χ3n) is 7.41. The first kappa shape index (κ1) is 31.8. The molecular formula is C20H21F11O7S. The highest BCUT2D eigenvalue weighted by molar-refractivity contribution is 7.86. The van der Waals surface area contributed by atoms with Gasteiger partial charge >= 0.3 is 45.7 Å². The van der Waals surface area contributed by atoms with E-state index >= 15 is 0 Å². The molecule has 0 saturated heterocycles. The first-order valence-corrected chi connectivity index (χ1v) is 12.7. The lowest BCUT2D eigenvalue weighted by molar-refractivity contribution is -0.363. The fraction of sp³-hybridized carbons (Fsp3) is 0.900. The topological polar surface area (TPSA) is 107 Å². The molecule has 19 heteroatoms. The number of halogens is 11. The molecule has 0 heterocycles. The van der Waals surface area contributed by atoms with Crippen molar-refractivity contribution in [2.45, 2.75) is 74.5 Å². The molecule has 4 saturated carbocycles. The normalized spacial score (nSPS) is 30.1. The number of Topliss-reactive ketones (excluding diaryl/α,β-unsaturated/α-hetero) is 1. The number of alkyl halides is 11. The van der Waals surface area contributed by atoms with Crippen LogP contribution in [-0.2, 0) is 29.2 Å². The summed E-state index contributed by atoms with van der Waals surface area (Å²) < 4.78 is 187. The minimum Gasteiger partial charge on any atom is -0.416 e. The van der Waals surface area contributed by atoms with Crippen LogP contribution in [0.1, 0.15) is 44.9 Å². The summed E-state index contributed by atoms with van der Waals surface area (Å²) in [4.78, 5) is 25.4. The zero-order valence-corrected chi connectivity index (χ0v) is 20.2. The van der Waals surface area contributed by atoms with Gasteiger partial charge in [-0.05, 0) is 56.3 Å². The largest absolute Gasteiger partial charge is 0.463 e. The molecule has 0 amide bonds. The van der Waals surface area contributed by atoms with Gasteiger partial charge in [0.25, 0.3) is 0 Å². The van der Waals surface area contributed by atoms with Gasteiger partial charge in [-0.15, -0.1) is 0 Å². The minimum absolute atomic E-state index is 0.0910. The summed E-state index contributed by atoms with van der Waals surface area (Å²) in [6.45, 7) is -3.15. The summed E-state index contributed by atoms with van der Waals surface area (Å²) in [6.07, 6.45) is -20.3. The van der Waals surface area contributed by atoms with E-state index in [2.05, 4.69) is 9.47 Å². The van der Waals surface area contributed by atoms with Crippen LogP contribution in [-0.4, -0.2) is 60.9 Å². The molecule has 4 fully saturated rings. The lowest BCUT2D eigenvalue weighted by atomic mass is 9.49. The fourth-order valence-electron chi connectivity index (χ4n) is 6.13. The molecule has 2 atom stereocenters. The van der Waals surface area contributed by atoms with Gasteiger partial charge in [0.05, 0.1) is 12.0 Å². The molecule has 0 spiro atoms. The Hall–Kier alpha value is -1.76. The van der Waals surface area contributed by atoms with E-state index in [4.69, 9.17) is 4.55 Å². The zero-order chi connectivity index (χ0) is 30.0. The van der Waals surface area contributed by atoms with E-state index < -0.39 is 75.8 Å². The Bertz CT molecular complexity index is 1050. The first-order chi connectivity index (χ1) is 17.3. The minimum atomic E-state index is -6.98. The number of carbonyl (C=O) groups excluding carboxylic acids is 2. The highest BCUT2D eigenvalue weighted by atomic mass is 32.2. The molecule has 7 nitrogen and oxygen atoms in total. The van der Waals surface area contributed by atoms with Crippen LogP contribution in [0.4, 0.5) is 48.3 Å². The molecule has 0 aromatic rings. The maximum atomic E-state index is 14.2. The van der Waals surface area contributed by atoms with Crippen molar-refractivity contribution < 1.29 is 80.3 Å². The monoisotopic (exact) mass is 614 g/mol. The third kappa shape index (κ3) is 6.13. The van der Waals surface area contributed by atoms with Crippen LogP contribution in [0.15, 0.2) is 0 Å². The summed E-state index contributed by atoms with van der Waals surface area (Å²) in [7, 11) is -6.98. The van der Waals surface area contributed by atoms with Crippen LogP contribution in [0.25, 0.3) is 0 Å². The van der Waals surface area contributed by atoms with Gasteiger partial charge in [-0.25, -0.2) is 0 Å². The molecule has 39 heavy (non-hydrogen) atoms. The number of ketones is 1. The average Bonchev–Trinajstić information content (AvgIpc) is 2.67. The summed E-state index contributed by atoms with van der Waals surface area (Å²) in [5.41, 5.74) is -1.74. The average molecular weight is 614 g/mol. The molecule has 1 N–H and O–H groups in total. The van der Waals surface area contributed by atoms with Gasteiger partial charge in [-0.1, -0.05) is 0 Å². The Morgan fingerprint density at radius 2 is 1.28 bits per heavy atom. The third-order valence-corrected chi connectivity index (χ3v) is 8.38. The van der Waals surface area contributed by atoms with Crippen molar-refractivity contribution in [3.8, 4) is 0 Å². The molecule has 4 rings (SSSR count). The second kappa shape index (κ2) is 9.66. The smallest absolute Gasteiger partial charge is 0.416 e. The maximum absolute atomic E-state index is 14.2. The molecule has 0 aromatic heterocycles. The highest BCUT2D eigenvalue weighted by Gasteiger charge is 2.71. The number of esters is 1. The number of hydrogen-bond donors (Lipinski definition) is 1. The van der Waals surface area contributed by atoms with E-state index in [1.54, 1.807) is 0 Å². The Morgan fingerprint density at radius 1 is 0.846 bits per heavy atom. The predicted molar refractivity (Wildman–Crippen MR) is 103 cm³/mol. The number of rotatable bonds is 9. The van der Waals surface area contributed by atoms with E-state index in [0.717, 1.165) is 0 Å². The lowest BCUT2D eigenvalue weighted by Gasteiger charge is -2.55. The maximum Gasteiger partial charge on any atom is 0.463 e. The van der Waals surface area contributed by atoms with Crippen molar-refractivity contribution in [3.05, 3.63) is 0 Å². The fourth-order valence-corrected chi connectivity index (χ4v) is 6.69. The van der Waals surface area contributed by atoms with Gasteiger partial charge in [-0.2, -0.15) is 56.7 Å². The second-order valence-electron chi connectivity index (χ2n) is 10.4. The van der Waals surface area contributed by atoms with Crippen molar-refractivity contribution in [1.29, 1.82) is 0 Å². The van der Waals surface area contributed by atoms with E-state index in [1.165, 1.54) is 0 Å². The standard InChI is InChI=1S/C20H21F11O7S/c21-16(22,23)7-13(32)17(20(29,30)31,37-8-12(18(24,25)26)19(27,28)39(34,35)36)38-14(33)15-4-9-1-10(5-15)3-11(2-9)6-15/h9-12H,1-8H2,(H,34,35,36). The lowest BCUT2D eigenvalue weighted by Crippen LogP contribution is -2.62. The van der Waals surface area contributed by atoms with Gasteiger partial charge < -0.3 is 9.47 Å². The summed E-state index contributed by atoms with van der Waals surface area (Å²) in [5, 5.41) is -6.28. The summed E-state index contributed by atoms with van der Waals surface area (Å²) >= 11 is 0. The van der Waals surface area contributed by atoms with Crippen LogP contribution < -0.4 is 0 Å². The molecule has 0 aromatic carbocycles. The van der Waals surface area contributed by atoms with E-state index in [9.17, 15) is 66.3 Å². The highest BCUT2D eigenvalue weighted by Crippen LogP contribution is 2.61. The van der Waals surface area contributed by atoms with Gasteiger partial charge in [0.2, 0.25) is 5.78 Å². The Morgan fingerprint density at radius 3 is 1.62 bits per heavy atom. The van der Waals surface area contributed by atoms with Crippen molar-refractivity contribution in [2.24, 2.45) is 29.1 Å². The Balaban J connectivity index is 2.05. The molecule has 0 aliphatic heterocycles. The molecule has 2 unspecified atom stereocenters. The quantitative estimate of drug-likeness (QED) is 0.165. The van der Waals surface area contributed by atoms with Crippen LogP contribution >= 0.6 is 0 Å². The van der Waals surface area contributed by atoms with Crippen molar-refractivity contribution in [1.82, 2.24) is 0 Å². The van der Waals surface area contributed by atoms with Gasteiger partial charge in [0.1, 0.15) is 6.42 Å². The van der Waals surface area contributed by atoms with Crippen molar-refractivity contribution >= 4 is 21.9 Å². The SMILES string of the molecule is O=C(OC(OCC(C(F)(F)F)C(F)(F)S(=O)(=O)O)(C(=O)CC(F)(F)F)C(F)(F)F)C12CC3CC(CC(C3)C1)C2. The molecule has 4 aliphatic carbocycles. The summed E-state index contributed by atoms with van der Waals surface area (Å²) in [6, 6.07) is 0. The van der Waals surface area contributed by atoms with Crippen LogP contribution in [0.2, 0.25) is 0 Å². The molecule has 226 valence electrons. The Kier molecular flexibility index (Phi) is 7.87. The van der Waals surface area contributed by atoms with E-state index in [0.29, 0.717) is 19.3 Å². The molecule has 0 radical (unpaired) electrons. The van der Waals surface area contributed by atoms with Crippen LogP contribution in [0, 0.1) is 29.1 Å². The molecule has 4 bridgehead atoms. The van der Waals surface area contributed by atoms with Crippen LogP contribution in [0.5, 0.6) is 0 Å². The number of hydrogen-bond acceptors (Lipinski definition) is 6. The van der Waals surface area contributed by atoms with Gasteiger partial charge in [0, 0.05) is 0 Å². The Labute approximate surface area is 213 Å². The van der Waals surface area contributed by atoms with E-state index in [-0.39, 0.29) is 37.0 Å². The van der Waals surface area contributed by atoms with Gasteiger partial charge in [0.15, 0.2) is 5.92 Å². The van der Waals surface area contributed by atoms with Crippen molar-refractivity contribution in [3.63, 3.8) is 0 Å². The number of ether oxygens (including phenoxy) is 2. The molecule has 4 aliphatic rings. The van der Waals surface area contributed by atoms with E-state index in [1.807, 2.05) is 0 Å². The number of carbonyl (C=O) groups is 2. The predicted octanol–water partition coefficient (Wildman–Crippen LogP) is 5.20. The van der Waals surface area contributed by atoms with Crippen LogP contribution in [0.3, 0.4) is 0 Å². The second-order valence-corrected chi connectivity index (χ2v) is 11.9. The van der Waals surface area contributed by atoms with Gasteiger partial charge in [-0.3, -0.25) is 14.1 Å². The first-order valence-electron chi connectivity index (χ1n) is 11.3. The summed E-state index contributed by atoms with van der Waals surface area (Å²) in [5.74, 6) is -15.9. The zero-order valence-electron chi connectivity index (χ0n) is 19.4. The molecular weight excluding hydrogens is 593 g/mol.